The minimum Gasteiger partial charge on any atom is -0.358 e. The van der Waals surface area contributed by atoms with Crippen LogP contribution in [0.15, 0.2) is 30.3 Å². The van der Waals surface area contributed by atoms with Crippen LogP contribution in [0, 0.1) is 0 Å². The molecule has 1 aliphatic rings. The van der Waals surface area contributed by atoms with E-state index in [0.717, 1.165) is 6.54 Å². The van der Waals surface area contributed by atoms with Crippen molar-refractivity contribution in [3.63, 3.8) is 0 Å². The monoisotopic (exact) mass is 200 g/mol. The number of para-hydroxylation sites is 1. The maximum atomic E-state index is 3.53. The van der Waals surface area contributed by atoms with Gasteiger partial charge in [-0.15, -0.1) is 0 Å². The first-order valence-corrected chi connectivity index (χ1v) is 5.72. The van der Waals surface area contributed by atoms with Gasteiger partial charge in [0.1, 0.15) is 0 Å². The second kappa shape index (κ2) is 3.70. The number of fused-ring (bicyclic) bond motifs is 1. The van der Waals surface area contributed by atoms with E-state index < -0.39 is 0 Å². The van der Waals surface area contributed by atoms with E-state index >= 15 is 0 Å². The summed E-state index contributed by atoms with van der Waals surface area (Å²) in [5.41, 5.74) is 2.65. The molecule has 2 nitrogen and oxygen atoms in total. The van der Waals surface area contributed by atoms with Crippen LogP contribution in [0.2, 0.25) is 0 Å². The molecule has 1 fully saturated rings. The lowest BCUT2D eigenvalue weighted by atomic mass is 9.96. The lowest BCUT2D eigenvalue weighted by molar-refractivity contribution is 0.456. The van der Waals surface area contributed by atoms with Crippen molar-refractivity contribution in [2.75, 3.05) is 13.1 Å². The highest BCUT2D eigenvalue weighted by atomic mass is 14.9. The first kappa shape index (κ1) is 8.98. The Morgan fingerprint density at radius 2 is 2.13 bits per heavy atom. The van der Waals surface area contributed by atoms with Gasteiger partial charge in [0.2, 0.25) is 0 Å². The third-order valence-electron chi connectivity index (χ3n) is 3.29. The number of H-pyrrole nitrogens is 1. The van der Waals surface area contributed by atoms with Crippen molar-refractivity contribution in [2.24, 2.45) is 0 Å². The molecule has 2 heteroatoms. The summed E-state index contributed by atoms with van der Waals surface area (Å²) in [6.45, 7) is 2.30. The molecule has 0 unspecified atom stereocenters. The molecular weight excluding hydrogens is 184 g/mol. The van der Waals surface area contributed by atoms with Gasteiger partial charge in [0.15, 0.2) is 0 Å². The Hall–Kier alpha value is -1.28. The summed E-state index contributed by atoms with van der Waals surface area (Å²) >= 11 is 0. The van der Waals surface area contributed by atoms with Gasteiger partial charge < -0.3 is 10.3 Å². The molecule has 0 bridgehead atoms. The Morgan fingerprint density at radius 3 is 2.93 bits per heavy atom. The Balaban J connectivity index is 1.96. The van der Waals surface area contributed by atoms with Crippen LogP contribution in [0.4, 0.5) is 0 Å². The molecule has 0 saturated carbocycles. The van der Waals surface area contributed by atoms with Crippen molar-refractivity contribution >= 4 is 10.9 Å². The molecule has 15 heavy (non-hydrogen) atoms. The molecule has 2 N–H and O–H groups in total. The van der Waals surface area contributed by atoms with Gasteiger partial charge in [-0.1, -0.05) is 18.2 Å². The van der Waals surface area contributed by atoms with Gasteiger partial charge in [-0.25, -0.2) is 0 Å². The zero-order valence-corrected chi connectivity index (χ0v) is 8.79. The summed E-state index contributed by atoms with van der Waals surface area (Å²) in [6.07, 6.45) is 2.60. The fraction of sp³-hybridized carbons (Fsp3) is 0.385. The highest BCUT2D eigenvalue weighted by Gasteiger charge is 2.16. The van der Waals surface area contributed by atoms with Gasteiger partial charge in [-0.05, 0) is 36.9 Å². The Kier molecular flexibility index (Phi) is 2.22. The normalized spacial score (nSPS) is 22.0. The molecule has 0 spiro atoms. The molecule has 2 aromatic rings. The van der Waals surface area contributed by atoms with Gasteiger partial charge in [0, 0.05) is 23.7 Å². The van der Waals surface area contributed by atoms with E-state index in [0.29, 0.717) is 5.92 Å². The average Bonchev–Trinajstić information content (AvgIpc) is 2.74. The fourth-order valence-electron chi connectivity index (χ4n) is 2.43. The minimum atomic E-state index is 0.672. The molecule has 0 aliphatic carbocycles. The van der Waals surface area contributed by atoms with Gasteiger partial charge in [0.05, 0.1) is 0 Å². The topological polar surface area (TPSA) is 27.8 Å². The fourth-order valence-corrected chi connectivity index (χ4v) is 2.43. The predicted molar refractivity (Wildman–Crippen MR) is 63.1 cm³/mol. The number of aromatic amines is 1. The van der Waals surface area contributed by atoms with E-state index in [1.165, 1.54) is 36.0 Å². The van der Waals surface area contributed by atoms with Crippen LogP contribution in [0.1, 0.15) is 24.5 Å². The molecule has 1 aliphatic heterocycles. The Labute approximate surface area is 89.7 Å². The van der Waals surface area contributed by atoms with Crippen LogP contribution >= 0.6 is 0 Å². The number of benzene rings is 1. The van der Waals surface area contributed by atoms with Gasteiger partial charge in [0.25, 0.3) is 0 Å². The zero-order chi connectivity index (χ0) is 10.1. The van der Waals surface area contributed by atoms with Crippen molar-refractivity contribution in [3.8, 4) is 0 Å². The van der Waals surface area contributed by atoms with Crippen LogP contribution in [0.5, 0.6) is 0 Å². The van der Waals surface area contributed by atoms with Crippen molar-refractivity contribution in [1.29, 1.82) is 0 Å². The third-order valence-corrected chi connectivity index (χ3v) is 3.29. The Morgan fingerprint density at radius 1 is 1.20 bits per heavy atom. The maximum Gasteiger partial charge on any atom is 0.0456 e. The minimum absolute atomic E-state index is 0.672. The SMILES string of the molecule is c1ccc2[nH]c([C@H]3CCCNC3)cc2c1. The van der Waals surface area contributed by atoms with Gasteiger partial charge >= 0.3 is 0 Å². The second-order valence-corrected chi connectivity index (χ2v) is 4.36. The van der Waals surface area contributed by atoms with Crippen molar-refractivity contribution in [1.82, 2.24) is 10.3 Å². The smallest absolute Gasteiger partial charge is 0.0456 e. The van der Waals surface area contributed by atoms with E-state index in [4.69, 9.17) is 0 Å². The van der Waals surface area contributed by atoms with Crippen LogP contribution in [-0.2, 0) is 0 Å². The van der Waals surface area contributed by atoms with E-state index in [-0.39, 0.29) is 0 Å². The molecule has 0 amide bonds. The summed E-state index contributed by atoms with van der Waals surface area (Å²) in [7, 11) is 0. The summed E-state index contributed by atoms with van der Waals surface area (Å²) in [6, 6.07) is 10.8. The molecule has 1 aromatic carbocycles. The number of hydrogen-bond donors (Lipinski definition) is 2. The Bertz CT molecular complexity index is 419. The first-order valence-electron chi connectivity index (χ1n) is 5.72. The first-order chi connectivity index (χ1) is 7.43. The van der Waals surface area contributed by atoms with Gasteiger partial charge in [-0.3, -0.25) is 0 Å². The summed E-state index contributed by atoms with van der Waals surface area (Å²) < 4.78 is 0. The lowest BCUT2D eigenvalue weighted by Crippen LogP contribution is -2.28. The number of piperidine rings is 1. The highest BCUT2D eigenvalue weighted by molar-refractivity contribution is 5.80. The molecule has 1 atom stereocenters. The number of nitrogens with one attached hydrogen (secondary N) is 2. The van der Waals surface area contributed by atoms with Crippen molar-refractivity contribution in [3.05, 3.63) is 36.0 Å². The lowest BCUT2D eigenvalue weighted by Gasteiger charge is -2.21. The molecule has 3 rings (SSSR count). The number of rotatable bonds is 1. The maximum absolute atomic E-state index is 3.53. The summed E-state index contributed by atoms with van der Waals surface area (Å²) in [5.74, 6) is 0.672. The highest BCUT2D eigenvalue weighted by Crippen LogP contribution is 2.25. The summed E-state index contributed by atoms with van der Waals surface area (Å²) in [4.78, 5) is 3.53. The molecule has 78 valence electrons. The van der Waals surface area contributed by atoms with Crippen molar-refractivity contribution < 1.29 is 0 Å². The van der Waals surface area contributed by atoms with Crippen LogP contribution < -0.4 is 5.32 Å². The van der Waals surface area contributed by atoms with Crippen LogP contribution in [0.25, 0.3) is 10.9 Å². The van der Waals surface area contributed by atoms with Crippen molar-refractivity contribution in [2.45, 2.75) is 18.8 Å². The third kappa shape index (κ3) is 1.65. The standard InChI is InChI=1S/C13H16N2/c1-2-6-12-10(4-1)8-13(15-12)11-5-3-7-14-9-11/h1-2,4,6,8,11,14-15H,3,5,7,9H2/t11-/m0/s1. The van der Waals surface area contributed by atoms with E-state index in [2.05, 4.69) is 40.6 Å². The second-order valence-electron chi connectivity index (χ2n) is 4.36. The van der Waals surface area contributed by atoms with E-state index in [1.807, 2.05) is 0 Å². The molecule has 1 aromatic heterocycles. The molecular formula is C13H16N2. The van der Waals surface area contributed by atoms with E-state index in [1.54, 1.807) is 0 Å². The predicted octanol–water partition coefficient (Wildman–Crippen LogP) is 2.63. The average molecular weight is 200 g/mol. The molecule has 2 heterocycles. The molecule has 1 saturated heterocycles. The quantitative estimate of drug-likeness (QED) is 0.727. The molecule has 0 radical (unpaired) electrons. The van der Waals surface area contributed by atoms with Crippen LogP contribution in [-0.4, -0.2) is 18.1 Å². The largest absolute Gasteiger partial charge is 0.358 e. The zero-order valence-electron chi connectivity index (χ0n) is 8.79. The number of hydrogen-bond acceptors (Lipinski definition) is 1. The number of aromatic nitrogens is 1. The van der Waals surface area contributed by atoms with E-state index in [9.17, 15) is 0 Å². The van der Waals surface area contributed by atoms with Gasteiger partial charge in [-0.2, -0.15) is 0 Å². The van der Waals surface area contributed by atoms with Crippen LogP contribution in [0.3, 0.4) is 0 Å². The summed E-state index contributed by atoms with van der Waals surface area (Å²) in [5, 5.41) is 4.79.